The fraction of sp³-hybridized carbons (Fsp3) is 0.500. The maximum absolute atomic E-state index is 9.39. The van der Waals surface area contributed by atoms with Gasteiger partial charge in [0.2, 0.25) is 5.90 Å². The SMILES string of the molecule is CC(C)(CO)N=C1OC/C1=C(/c1ccccc1)C(C)(C)C. The lowest BCUT2D eigenvalue weighted by Crippen LogP contribution is -2.34. The van der Waals surface area contributed by atoms with Gasteiger partial charge >= 0.3 is 0 Å². The summed E-state index contributed by atoms with van der Waals surface area (Å²) in [6.45, 7) is 11.0. The van der Waals surface area contributed by atoms with Crippen molar-refractivity contribution in [3.63, 3.8) is 0 Å². The van der Waals surface area contributed by atoms with Crippen LogP contribution in [0.15, 0.2) is 40.9 Å². The summed E-state index contributed by atoms with van der Waals surface area (Å²) in [5, 5.41) is 9.39. The molecule has 1 saturated heterocycles. The summed E-state index contributed by atoms with van der Waals surface area (Å²) in [6, 6.07) is 10.4. The molecule has 1 N–H and O–H groups in total. The van der Waals surface area contributed by atoms with Crippen LogP contribution < -0.4 is 0 Å². The second kappa shape index (κ2) is 5.64. The molecule has 0 amide bonds. The molecule has 0 aliphatic carbocycles. The van der Waals surface area contributed by atoms with Crippen LogP contribution in [0, 0.1) is 5.41 Å². The van der Waals surface area contributed by atoms with Gasteiger partial charge < -0.3 is 9.84 Å². The molecule has 0 aromatic heterocycles. The minimum atomic E-state index is -0.513. The van der Waals surface area contributed by atoms with E-state index in [0.29, 0.717) is 12.5 Å². The first-order valence-corrected chi connectivity index (χ1v) is 7.37. The number of ether oxygens (including phenoxy) is 1. The van der Waals surface area contributed by atoms with Gasteiger partial charge in [0.25, 0.3) is 0 Å². The molecule has 1 fully saturated rings. The molecule has 0 saturated carbocycles. The summed E-state index contributed by atoms with van der Waals surface area (Å²) >= 11 is 0. The fourth-order valence-electron chi connectivity index (χ4n) is 2.46. The fourth-order valence-corrected chi connectivity index (χ4v) is 2.46. The Hall–Kier alpha value is -1.61. The number of benzene rings is 1. The van der Waals surface area contributed by atoms with Crippen molar-refractivity contribution in [1.29, 1.82) is 0 Å². The van der Waals surface area contributed by atoms with E-state index in [0.717, 1.165) is 5.57 Å². The third-order valence-corrected chi connectivity index (χ3v) is 3.52. The molecule has 1 aliphatic heterocycles. The number of nitrogens with zero attached hydrogens (tertiary/aromatic N) is 1. The van der Waals surface area contributed by atoms with Crippen molar-refractivity contribution < 1.29 is 9.84 Å². The molecule has 114 valence electrons. The van der Waals surface area contributed by atoms with Crippen LogP contribution >= 0.6 is 0 Å². The number of hydrogen-bond donors (Lipinski definition) is 1. The molecule has 0 spiro atoms. The molecule has 0 unspecified atom stereocenters. The monoisotopic (exact) mass is 287 g/mol. The number of aliphatic imine (C=N–C) groups is 1. The van der Waals surface area contributed by atoms with Crippen molar-refractivity contribution in [3.8, 4) is 0 Å². The van der Waals surface area contributed by atoms with E-state index in [1.54, 1.807) is 0 Å². The van der Waals surface area contributed by atoms with Crippen LogP contribution in [0.25, 0.3) is 5.57 Å². The van der Waals surface area contributed by atoms with E-state index in [9.17, 15) is 5.11 Å². The number of allylic oxidation sites excluding steroid dienone is 1. The molecular formula is C18H25NO2. The Balaban J connectivity index is 2.51. The minimum absolute atomic E-state index is 0.00330. The zero-order chi connectivity index (χ0) is 15.7. The van der Waals surface area contributed by atoms with Gasteiger partial charge in [-0.3, -0.25) is 0 Å². The Morgan fingerprint density at radius 3 is 2.19 bits per heavy atom. The average molecular weight is 287 g/mol. The number of aliphatic hydroxyl groups is 1. The summed E-state index contributed by atoms with van der Waals surface area (Å²) in [7, 11) is 0. The van der Waals surface area contributed by atoms with Gasteiger partial charge in [0.15, 0.2) is 0 Å². The van der Waals surface area contributed by atoms with Crippen LogP contribution in [0.5, 0.6) is 0 Å². The zero-order valence-corrected chi connectivity index (χ0v) is 13.6. The lowest BCUT2D eigenvalue weighted by Gasteiger charge is -2.33. The second-order valence-corrected chi connectivity index (χ2v) is 7.15. The molecule has 21 heavy (non-hydrogen) atoms. The predicted octanol–water partition coefficient (Wildman–Crippen LogP) is 3.69. The van der Waals surface area contributed by atoms with Crippen molar-refractivity contribution in [3.05, 3.63) is 41.5 Å². The van der Waals surface area contributed by atoms with Crippen molar-refractivity contribution in [2.45, 2.75) is 40.2 Å². The van der Waals surface area contributed by atoms with E-state index < -0.39 is 5.54 Å². The molecule has 1 aliphatic rings. The quantitative estimate of drug-likeness (QED) is 0.921. The van der Waals surface area contributed by atoms with E-state index in [2.05, 4.69) is 50.0 Å². The first-order valence-electron chi connectivity index (χ1n) is 7.37. The van der Waals surface area contributed by atoms with E-state index >= 15 is 0 Å². The van der Waals surface area contributed by atoms with Gasteiger partial charge in [-0.1, -0.05) is 51.1 Å². The lowest BCUT2D eigenvalue weighted by atomic mass is 9.78. The Bertz CT molecular complexity index is 563. The highest BCUT2D eigenvalue weighted by Crippen LogP contribution is 2.39. The Labute approximate surface area is 127 Å². The molecule has 3 nitrogen and oxygen atoms in total. The largest absolute Gasteiger partial charge is 0.473 e. The molecule has 0 atom stereocenters. The van der Waals surface area contributed by atoms with Crippen LogP contribution in [0.4, 0.5) is 0 Å². The molecular weight excluding hydrogens is 262 g/mol. The van der Waals surface area contributed by atoms with Crippen molar-refractivity contribution in [2.24, 2.45) is 10.4 Å². The first-order chi connectivity index (χ1) is 9.74. The number of aliphatic hydroxyl groups excluding tert-OH is 1. The normalized spacial score (nSPS) is 20.0. The van der Waals surface area contributed by atoms with Crippen LogP contribution in [0.3, 0.4) is 0 Å². The van der Waals surface area contributed by atoms with Gasteiger partial charge in [-0.2, -0.15) is 0 Å². The predicted molar refractivity (Wildman–Crippen MR) is 87.4 cm³/mol. The summed E-state index contributed by atoms with van der Waals surface area (Å²) in [4.78, 5) is 4.56. The Morgan fingerprint density at radius 1 is 1.14 bits per heavy atom. The standard InChI is InChI=1S/C18H25NO2/c1-17(2,3)15(13-9-7-6-8-10-13)14-11-21-16(14)19-18(4,5)12-20/h6-10,20H,11-12H2,1-5H3/b15-14+,19-16?. The van der Waals surface area contributed by atoms with Crippen molar-refractivity contribution in [1.82, 2.24) is 0 Å². The highest BCUT2D eigenvalue weighted by Gasteiger charge is 2.33. The lowest BCUT2D eigenvalue weighted by molar-refractivity contribution is 0.212. The van der Waals surface area contributed by atoms with Gasteiger partial charge in [-0.15, -0.1) is 0 Å². The smallest absolute Gasteiger partial charge is 0.216 e. The summed E-state index contributed by atoms with van der Waals surface area (Å²) in [6.07, 6.45) is 0. The van der Waals surface area contributed by atoms with Crippen molar-refractivity contribution >= 4 is 11.5 Å². The number of hydrogen-bond acceptors (Lipinski definition) is 3. The molecule has 1 aromatic rings. The van der Waals surface area contributed by atoms with E-state index in [4.69, 9.17) is 4.74 Å². The third kappa shape index (κ3) is 3.53. The molecule has 0 radical (unpaired) electrons. The third-order valence-electron chi connectivity index (χ3n) is 3.52. The highest BCUT2D eigenvalue weighted by molar-refractivity contribution is 6.06. The molecule has 3 heteroatoms. The second-order valence-electron chi connectivity index (χ2n) is 7.15. The minimum Gasteiger partial charge on any atom is -0.473 e. The average Bonchev–Trinajstić information content (AvgIpc) is 2.40. The Kier molecular flexibility index (Phi) is 4.24. The van der Waals surface area contributed by atoms with Crippen LogP contribution in [0.1, 0.15) is 40.2 Å². The molecule has 2 rings (SSSR count). The zero-order valence-electron chi connectivity index (χ0n) is 13.6. The Morgan fingerprint density at radius 2 is 1.76 bits per heavy atom. The topological polar surface area (TPSA) is 41.8 Å². The van der Waals surface area contributed by atoms with Gasteiger partial charge in [0.1, 0.15) is 6.61 Å². The van der Waals surface area contributed by atoms with E-state index in [1.165, 1.54) is 11.1 Å². The van der Waals surface area contributed by atoms with Crippen LogP contribution in [0.2, 0.25) is 0 Å². The summed E-state index contributed by atoms with van der Waals surface area (Å²) < 4.78 is 5.56. The maximum atomic E-state index is 9.39. The van der Waals surface area contributed by atoms with Gasteiger partial charge in [0, 0.05) is 0 Å². The van der Waals surface area contributed by atoms with Crippen molar-refractivity contribution in [2.75, 3.05) is 13.2 Å². The highest BCUT2D eigenvalue weighted by atomic mass is 16.5. The van der Waals surface area contributed by atoms with Gasteiger partial charge in [0.05, 0.1) is 17.7 Å². The summed E-state index contributed by atoms with van der Waals surface area (Å²) in [5.41, 5.74) is 3.11. The molecule has 0 bridgehead atoms. The van der Waals surface area contributed by atoms with Gasteiger partial charge in [-0.05, 0) is 30.4 Å². The molecule has 1 aromatic carbocycles. The van der Waals surface area contributed by atoms with E-state index in [1.807, 2.05) is 19.9 Å². The van der Waals surface area contributed by atoms with E-state index in [-0.39, 0.29) is 12.0 Å². The van der Waals surface area contributed by atoms with Crippen LogP contribution in [-0.4, -0.2) is 29.8 Å². The number of rotatable bonds is 3. The summed E-state index contributed by atoms with van der Waals surface area (Å²) in [5.74, 6) is 0.669. The first kappa shape index (κ1) is 15.8. The molecule has 1 heterocycles. The maximum Gasteiger partial charge on any atom is 0.216 e. The van der Waals surface area contributed by atoms with Gasteiger partial charge in [-0.25, -0.2) is 4.99 Å². The van der Waals surface area contributed by atoms with Crippen LogP contribution in [-0.2, 0) is 4.74 Å².